The summed E-state index contributed by atoms with van der Waals surface area (Å²) in [6.45, 7) is 11.5. The molecule has 2 nitrogen and oxygen atoms in total. The highest BCUT2D eigenvalue weighted by atomic mass is 15.1. The number of para-hydroxylation sites is 2. The monoisotopic (exact) mass is 810 g/mol. The molecule has 63 heavy (non-hydrogen) atoms. The first-order valence-corrected chi connectivity index (χ1v) is 22.2. The van der Waals surface area contributed by atoms with Crippen molar-refractivity contribution in [1.82, 2.24) is 0 Å². The summed E-state index contributed by atoms with van der Waals surface area (Å²) < 4.78 is 0. The van der Waals surface area contributed by atoms with Crippen LogP contribution in [0.15, 0.2) is 206 Å². The third kappa shape index (κ3) is 6.57. The Morgan fingerprint density at radius 1 is 0.413 bits per heavy atom. The molecule has 304 valence electrons. The van der Waals surface area contributed by atoms with Crippen LogP contribution in [-0.4, -0.2) is 0 Å². The van der Waals surface area contributed by atoms with E-state index < -0.39 is 0 Å². The van der Waals surface area contributed by atoms with Crippen molar-refractivity contribution in [2.45, 2.75) is 45.4 Å². The second kappa shape index (κ2) is 14.9. The summed E-state index contributed by atoms with van der Waals surface area (Å²) in [4.78, 5) is 2.39. The lowest BCUT2D eigenvalue weighted by Crippen LogP contribution is -2.14. The smallest absolute Gasteiger partial charge is 0.0544 e. The number of benzene rings is 10. The van der Waals surface area contributed by atoms with Gasteiger partial charge in [-0.3, -0.25) is 0 Å². The van der Waals surface area contributed by atoms with Crippen molar-refractivity contribution >= 4 is 60.8 Å². The van der Waals surface area contributed by atoms with Crippen LogP contribution in [0.2, 0.25) is 0 Å². The molecule has 1 N–H and O–H groups in total. The molecule has 0 spiro atoms. The van der Waals surface area contributed by atoms with E-state index in [0.29, 0.717) is 0 Å². The Morgan fingerprint density at radius 2 is 1.02 bits per heavy atom. The Kier molecular flexibility index (Phi) is 9.10. The van der Waals surface area contributed by atoms with Crippen LogP contribution < -0.4 is 10.2 Å². The second-order valence-electron chi connectivity index (χ2n) is 18.7. The number of rotatable bonds is 7. The quantitative estimate of drug-likeness (QED) is 0.161. The molecule has 1 aliphatic rings. The molecule has 10 aromatic rings. The second-order valence-corrected chi connectivity index (χ2v) is 18.7. The summed E-state index contributed by atoms with van der Waals surface area (Å²) in [7, 11) is 0. The number of hydrogen-bond acceptors (Lipinski definition) is 2. The van der Waals surface area contributed by atoms with E-state index in [1.807, 2.05) is 0 Å². The summed E-state index contributed by atoms with van der Waals surface area (Å²) in [6.07, 6.45) is 0. The topological polar surface area (TPSA) is 15.3 Å². The molecular weight excluding hydrogens is 761 g/mol. The molecule has 0 aliphatic heterocycles. The Hall–Kier alpha value is -7.42. The predicted octanol–water partition coefficient (Wildman–Crippen LogP) is 17.3. The van der Waals surface area contributed by atoms with Crippen LogP contribution in [0.4, 0.5) is 28.4 Å². The molecular formula is C61H50N2. The van der Waals surface area contributed by atoms with Gasteiger partial charge in [0.2, 0.25) is 0 Å². The molecule has 0 unspecified atom stereocenters. The van der Waals surface area contributed by atoms with Crippen molar-refractivity contribution in [3.63, 3.8) is 0 Å². The van der Waals surface area contributed by atoms with Crippen molar-refractivity contribution < 1.29 is 0 Å². The molecule has 10 aromatic carbocycles. The van der Waals surface area contributed by atoms with Crippen LogP contribution in [0.25, 0.3) is 65.7 Å². The average Bonchev–Trinajstić information content (AvgIpc) is 3.54. The van der Waals surface area contributed by atoms with Gasteiger partial charge in [0.15, 0.2) is 0 Å². The van der Waals surface area contributed by atoms with Crippen LogP contribution in [0.1, 0.15) is 51.3 Å². The van der Waals surface area contributed by atoms with Crippen molar-refractivity contribution in [2.75, 3.05) is 10.2 Å². The maximum Gasteiger partial charge on any atom is 0.0544 e. The van der Waals surface area contributed by atoms with Gasteiger partial charge in [-0.2, -0.15) is 0 Å². The van der Waals surface area contributed by atoms with Gasteiger partial charge in [0.05, 0.1) is 5.69 Å². The molecule has 0 fully saturated rings. The number of fused-ring (bicyclic) bond motifs is 6. The minimum Gasteiger partial charge on any atom is -0.354 e. The zero-order valence-electron chi connectivity index (χ0n) is 36.6. The SMILES string of the molecule is CC(C)(C)c1ccc(N(c2ccccc2)c2ccc3c(Nc4ccccc4-c4ccc5c(c4)-c4ccccc4C5(C)C)c4ccccc4c(-c4ccc5ccccc5c4)c3c2)cc1. The standard InChI is InChI=1S/C61H50N2/c1-60(2,3)44-30-32-46(33-31-44)63(45-19-7-6-8-20-45)47-34-35-52-54(39-47)58(43-28-27-40-17-9-10-18-41(40)37-43)50-23-11-12-24-51(50)59(52)62-57-26-16-14-21-48(57)42-29-36-56-53(38-42)49-22-13-15-25-55(49)61(56,4)5/h6-39,62H,1-5H3. The van der Waals surface area contributed by atoms with Gasteiger partial charge in [0, 0.05) is 44.5 Å². The summed E-state index contributed by atoms with van der Waals surface area (Å²) >= 11 is 0. The Bertz CT molecular complexity index is 3370. The highest BCUT2D eigenvalue weighted by molar-refractivity contribution is 6.22. The average molecular weight is 811 g/mol. The fourth-order valence-electron chi connectivity index (χ4n) is 10.1. The molecule has 0 radical (unpaired) electrons. The summed E-state index contributed by atoms with van der Waals surface area (Å²) in [5.74, 6) is 0. The van der Waals surface area contributed by atoms with E-state index in [1.165, 1.54) is 77.0 Å². The van der Waals surface area contributed by atoms with Gasteiger partial charge in [-0.25, -0.2) is 0 Å². The molecule has 0 amide bonds. The first-order chi connectivity index (χ1) is 30.6. The zero-order chi connectivity index (χ0) is 42.9. The predicted molar refractivity (Wildman–Crippen MR) is 271 cm³/mol. The number of nitrogens with one attached hydrogen (secondary N) is 1. The third-order valence-electron chi connectivity index (χ3n) is 13.4. The molecule has 0 saturated heterocycles. The van der Waals surface area contributed by atoms with Crippen molar-refractivity contribution in [3.05, 3.63) is 223 Å². The highest BCUT2D eigenvalue weighted by Gasteiger charge is 2.35. The summed E-state index contributed by atoms with van der Waals surface area (Å²) in [5.41, 5.74) is 17.0. The van der Waals surface area contributed by atoms with Gasteiger partial charge in [-0.05, 0) is 126 Å². The van der Waals surface area contributed by atoms with Gasteiger partial charge in [0.25, 0.3) is 0 Å². The molecule has 11 rings (SSSR count). The van der Waals surface area contributed by atoms with Gasteiger partial charge in [-0.15, -0.1) is 0 Å². The van der Waals surface area contributed by atoms with Crippen LogP contribution in [0.5, 0.6) is 0 Å². The first kappa shape index (κ1) is 38.5. The highest BCUT2D eigenvalue weighted by Crippen LogP contribution is 2.51. The molecule has 0 aromatic heterocycles. The van der Waals surface area contributed by atoms with Crippen molar-refractivity contribution in [3.8, 4) is 33.4 Å². The molecule has 0 bridgehead atoms. The summed E-state index contributed by atoms with van der Waals surface area (Å²) in [5, 5.41) is 11.3. The minimum absolute atomic E-state index is 0.0440. The van der Waals surface area contributed by atoms with Gasteiger partial charge in [-0.1, -0.05) is 186 Å². The van der Waals surface area contributed by atoms with Crippen LogP contribution in [-0.2, 0) is 10.8 Å². The van der Waals surface area contributed by atoms with E-state index in [1.54, 1.807) is 0 Å². The van der Waals surface area contributed by atoms with E-state index in [-0.39, 0.29) is 10.8 Å². The molecule has 1 aliphatic carbocycles. The number of anilines is 5. The maximum absolute atomic E-state index is 4.09. The van der Waals surface area contributed by atoms with E-state index in [4.69, 9.17) is 0 Å². The maximum atomic E-state index is 4.09. The van der Waals surface area contributed by atoms with Crippen LogP contribution in [0, 0.1) is 0 Å². The van der Waals surface area contributed by atoms with E-state index in [0.717, 1.165) is 33.8 Å². The number of nitrogens with zero attached hydrogens (tertiary/aromatic N) is 1. The largest absolute Gasteiger partial charge is 0.354 e. The third-order valence-corrected chi connectivity index (χ3v) is 13.4. The molecule has 0 heterocycles. The molecule has 2 heteroatoms. The van der Waals surface area contributed by atoms with E-state index in [9.17, 15) is 0 Å². The van der Waals surface area contributed by atoms with Crippen LogP contribution in [0.3, 0.4) is 0 Å². The van der Waals surface area contributed by atoms with Crippen molar-refractivity contribution in [2.24, 2.45) is 0 Å². The van der Waals surface area contributed by atoms with E-state index in [2.05, 4.69) is 251 Å². The molecule has 0 atom stereocenters. The van der Waals surface area contributed by atoms with E-state index >= 15 is 0 Å². The lowest BCUT2D eigenvalue weighted by molar-refractivity contribution is 0.590. The fourth-order valence-corrected chi connectivity index (χ4v) is 10.1. The number of hydrogen-bond donors (Lipinski definition) is 1. The Balaban J connectivity index is 1.13. The minimum atomic E-state index is -0.0440. The zero-order valence-corrected chi connectivity index (χ0v) is 36.6. The van der Waals surface area contributed by atoms with Gasteiger partial charge in [0.1, 0.15) is 0 Å². The van der Waals surface area contributed by atoms with Gasteiger partial charge < -0.3 is 10.2 Å². The normalized spacial score (nSPS) is 13.0. The summed E-state index contributed by atoms with van der Waals surface area (Å²) in [6, 6.07) is 76.1. The fraction of sp³-hybridized carbons (Fsp3) is 0.115. The lowest BCUT2D eigenvalue weighted by Gasteiger charge is -2.28. The van der Waals surface area contributed by atoms with Gasteiger partial charge >= 0.3 is 0 Å². The molecule has 0 saturated carbocycles. The first-order valence-electron chi connectivity index (χ1n) is 22.2. The van der Waals surface area contributed by atoms with Crippen LogP contribution >= 0.6 is 0 Å². The van der Waals surface area contributed by atoms with Crippen molar-refractivity contribution in [1.29, 1.82) is 0 Å². The lowest BCUT2D eigenvalue weighted by atomic mass is 9.82. The Labute approximate surface area is 371 Å². The Morgan fingerprint density at radius 3 is 1.81 bits per heavy atom.